The predicted octanol–water partition coefficient (Wildman–Crippen LogP) is 6.06. The van der Waals surface area contributed by atoms with E-state index in [1.165, 1.54) is 12.1 Å². The van der Waals surface area contributed by atoms with Gasteiger partial charge in [-0.3, -0.25) is 0 Å². The molecule has 3 aromatic rings. The van der Waals surface area contributed by atoms with Crippen molar-refractivity contribution in [3.05, 3.63) is 96.3 Å². The van der Waals surface area contributed by atoms with Crippen LogP contribution in [0.2, 0.25) is 0 Å². The first-order valence-corrected chi connectivity index (χ1v) is 10.6. The molecular formula is C27H21F2N3O2. The lowest BCUT2D eigenvalue weighted by Gasteiger charge is -2.11. The third kappa shape index (κ3) is 4.08. The lowest BCUT2D eigenvalue weighted by atomic mass is 10.0. The quantitative estimate of drug-likeness (QED) is 0.311. The van der Waals surface area contributed by atoms with Crippen LogP contribution in [0.15, 0.2) is 79.1 Å². The summed E-state index contributed by atoms with van der Waals surface area (Å²) in [6.07, 6.45) is 3.75. The van der Waals surface area contributed by atoms with Gasteiger partial charge < -0.3 is 14.0 Å². The van der Waals surface area contributed by atoms with Gasteiger partial charge in [0.2, 0.25) is 0 Å². The molecule has 0 bridgehead atoms. The lowest BCUT2D eigenvalue weighted by Crippen LogP contribution is -2.00. The molecule has 0 N–H and O–H groups in total. The van der Waals surface area contributed by atoms with Gasteiger partial charge in [0.15, 0.2) is 29.0 Å². The van der Waals surface area contributed by atoms with Crippen molar-refractivity contribution >= 4 is 0 Å². The van der Waals surface area contributed by atoms with Crippen molar-refractivity contribution in [2.75, 3.05) is 14.2 Å². The number of rotatable bonds is 6. The van der Waals surface area contributed by atoms with Crippen LogP contribution in [-0.4, -0.2) is 28.8 Å². The van der Waals surface area contributed by atoms with E-state index in [4.69, 9.17) is 9.47 Å². The third-order valence-corrected chi connectivity index (χ3v) is 5.66. The highest BCUT2D eigenvalue weighted by Gasteiger charge is 2.17. The van der Waals surface area contributed by atoms with E-state index in [2.05, 4.69) is 34.2 Å². The first-order valence-electron chi connectivity index (χ1n) is 10.6. The van der Waals surface area contributed by atoms with Crippen LogP contribution in [-0.2, 0) is 6.54 Å². The maximum atomic E-state index is 14.1. The van der Waals surface area contributed by atoms with Crippen molar-refractivity contribution < 1.29 is 18.3 Å². The molecule has 5 rings (SSSR count). The van der Waals surface area contributed by atoms with Crippen molar-refractivity contribution in [2.45, 2.75) is 6.54 Å². The van der Waals surface area contributed by atoms with Crippen molar-refractivity contribution in [3.63, 3.8) is 0 Å². The molecule has 0 unspecified atom stereocenters. The molecule has 0 aromatic heterocycles. The Morgan fingerprint density at radius 2 is 1.53 bits per heavy atom. The van der Waals surface area contributed by atoms with Crippen LogP contribution in [0, 0.1) is 11.6 Å². The molecule has 0 saturated heterocycles. The Kier molecular flexibility index (Phi) is 5.67. The molecule has 0 aliphatic carbocycles. The molecule has 170 valence electrons. The molecule has 34 heavy (non-hydrogen) atoms. The van der Waals surface area contributed by atoms with E-state index in [9.17, 15) is 8.78 Å². The summed E-state index contributed by atoms with van der Waals surface area (Å²) in [5.41, 5.74) is 4.48. The number of pyridine rings is 1. The molecule has 5 nitrogen and oxygen atoms in total. The Bertz CT molecular complexity index is 1430. The van der Waals surface area contributed by atoms with Crippen molar-refractivity contribution in [1.29, 1.82) is 0 Å². The molecule has 0 fully saturated rings. The topological polar surface area (TPSA) is 49.2 Å². The number of hydrogen-bond acceptors (Lipinski definition) is 4. The van der Waals surface area contributed by atoms with Gasteiger partial charge in [-0.05, 0) is 47.0 Å². The van der Waals surface area contributed by atoms with Crippen LogP contribution < -0.4 is 9.47 Å². The molecular weight excluding hydrogens is 436 g/mol. The number of hydrogen-bond donors (Lipinski definition) is 0. The highest BCUT2D eigenvalue weighted by atomic mass is 19.2. The van der Waals surface area contributed by atoms with E-state index in [1.807, 2.05) is 41.2 Å². The minimum Gasteiger partial charge on any atom is -0.493 e. The van der Waals surface area contributed by atoms with Gasteiger partial charge >= 0.3 is 0 Å². The second-order valence-corrected chi connectivity index (χ2v) is 7.80. The number of nitrogens with zero attached hydrogens (tertiary/aromatic N) is 3. The van der Waals surface area contributed by atoms with E-state index in [0.29, 0.717) is 29.4 Å². The zero-order chi connectivity index (χ0) is 23.7. The van der Waals surface area contributed by atoms with Gasteiger partial charge in [0.25, 0.3) is 0 Å². The van der Waals surface area contributed by atoms with Crippen molar-refractivity contribution in [3.8, 4) is 45.4 Å². The summed E-state index contributed by atoms with van der Waals surface area (Å²) >= 11 is 0. The number of imidazole rings is 1. The number of aromatic nitrogens is 3. The summed E-state index contributed by atoms with van der Waals surface area (Å²) in [4.78, 5) is 8.77. The Balaban J connectivity index is 1.37. The number of halogens is 2. The van der Waals surface area contributed by atoms with Crippen LogP contribution in [0.5, 0.6) is 11.5 Å². The van der Waals surface area contributed by atoms with Crippen LogP contribution in [0.4, 0.5) is 8.78 Å². The largest absolute Gasteiger partial charge is 0.493 e. The molecule has 0 spiro atoms. The number of methoxy groups -OCH3 is 2. The first-order chi connectivity index (χ1) is 16.6. The fraction of sp³-hybridized carbons (Fsp3) is 0.111. The minimum atomic E-state index is -0.944. The van der Waals surface area contributed by atoms with Crippen LogP contribution in [0.25, 0.3) is 33.9 Å². The summed E-state index contributed by atoms with van der Waals surface area (Å²) in [5, 5.41) is 0. The van der Waals surface area contributed by atoms with Gasteiger partial charge in [-0.25, -0.2) is 18.7 Å². The average molecular weight is 457 g/mol. The minimum absolute atomic E-state index is 0.0495. The molecule has 7 heteroatoms. The average Bonchev–Trinajstić information content (AvgIpc) is 3.29. The number of fused-ring (bicyclic) bond motifs is 1. The highest BCUT2D eigenvalue weighted by Crippen LogP contribution is 2.32. The Morgan fingerprint density at radius 3 is 2.29 bits per heavy atom. The predicted molar refractivity (Wildman–Crippen MR) is 126 cm³/mol. The number of benzene rings is 3. The van der Waals surface area contributed by atoms with E-state index >= 15 is 0 Å². The lowest BCUT2D eigenvalue weighted by molar-refractivity contribution is 0.355. The Labute approximate surface area is 195 Å². The van der Waals surface area contributed by atoms with Gasteiger partial charge in [0.1, 0.15) is 5.69 Å². The van der Waals surface area contributed by atoms with E-state index in [0.717, 1.165) is 22.8 Å². The van der Waals surface area contributed by atoms with Gasteiger partial charge in [-0.2, -0.15) is 0 Å². The van der Waals surface area contributed by atoms with Crippen molar-refractivity contribution in [1.82, 2.24) is 14.5 Å². The second-order valence-electron chi connectivity index (χ2n) is 7.80. The fourth-order valence-electron chi connectivity index (χ4n) is 3.88. The summed E-state index contributed by atoms with van der Waals surface area (Å²) in [5.74, 6) is -0.322. The zero-order valence-corrected chi connectivity index (χ0v) is 18.6. The Morgan fingerprint density at radius 1 is 0.794 bits per heavy atom. The van der Waals surface area contributed by atoms with E-state index < -0.39 is 11.6 Å². The molecule has 3 aromatic carbocycles. The number of ether oxygens (including phenoxy) is 2. The summed E-state index contributed by atoms with van der Waals surface area (Å²) < 4.78 is 40.4. The Hall–Kier alpha value is -4.26. The van der Waals surface area contributed by atoms with E-state index in [-0.39, 0.29) is 11.4 Å². The molecule has 2 heterocycles. The maximum Gasteiger partial charge on any atom is 0.169 e. The summed E-state index contributed by atoms with van der Waals surface area (Å²) in [7, 11) is 3.23. The molecule has 0 amide bonds. The van der Waals surface area contributed by atoms with Crippen LogP contribution in [0.1, 0.15) is 5.56 Å². The second kappa shape index (κ2) is 8.94. The monoisotopic (exact) mass is 457 g/mol. The zero-order valence-electron chi connectivity index (χ0n) is 18.6. The standard InChI is InChI=1S/C27H21F2N3O2/c1-33-24-11-10-19(14-25(24)34-2)18-8-6-17(7-9-18)15-32-13-12-22-23(16-32)31-27(30-22)20-4-3-5-21(28)26(20)29/h3-14,16H,15H2,1-2H3. The normalized spacial score (nSPS) is 11.1. The smallest absolute Gasteiger partial charge is 0.169 e. The highest BCUT2D eigenvalue weighted by molar-refractivity contribution is 5.68. The molecule has 2 aliphatic heterocycles. The van der Waals surface area contributed by atoms with Crippen molar-refractivity contribution in [2.24, 2.45) is 0 Å². The first kappa shape index (κ1) is 21.6. The summed E-state index contributed by atoms with van der Waals surface area (Å²) in [6.45, 7) is 0.624. The molecule has 0 atom stereocenters. The van der Waals surface area contributed by atoms with E-state index in [1.54, 1.807) is 14.2 Å². The maximum absolute atomic E-state index is 14.1. The fourth-order valence-corrected chi connectivity index (χ4v) is 3.88. The SMILES string of the molecule is COc1ccc(-c2ccc(Cn3ccc4nc(-c5cccc(F)c5F)nc-4c3)cc2)cc1OC. The molecule has 2 aliphatic rings. The molecule has 0 saturated carbocycles. The van der Waals surface area contributed by atoms with Crippen LogP contribution >= 0.6 is 0 Å². The third-order valence-electron chi connectivity index (χ3n) is 5.66. The van der Waals surface area contributed by atoms with Gasteiger partial charge in [-0.1, -0.05) is 36.4 Å². The van der Waals surface area contributed by atoms with Crippen LogP contribution in [0.3, 0.4) is 0 Å². The van der Waals surface area contributed by atoms with Gasteiger partial charge in [-0.15, -0.1) is 0 Å². The summed E-state index contributed by atoms with van der Waals surface area (Å²) in [6, 6.07) is 19.9. The van der Waals surface area contributed by atoms with Gasteiger partial charge in [0.05, 0.1) is 25.5 Å². The molecule has 0 radical (unpaired) electrons. The van der Waals surface area contributed by atoms with Gasteiger partial charge in [0, 0.05) is 18.9 Å².